The molecule has 8 heteroatoms. The molecule has 0 radical (unpaired) electrons. The molecule has 3 rings (SSSR count). The Balaban J connectivity index is 1.78. The van der Waals surface area contributed by atoms with Crippen molar-refractivity contribution in [3.05, 3.63) is 54.1 Å². The van der Waals surface area contributed by atoms with Crippen molar-refractivity contribution < 1.29 is 27.5 Å². The van der Waals surface area contributed by atoms with E-state index in [0.717, 1.165) is 6.07 Å². The zero-order chi connectivity index (χ0) is 19.6. The number of hydrogen-bond acceptors (Lipinski definition) is 3. The molecule has 1 saturated heterocycles. The maximum Gasteiger partial charge on any atom is 0.418 e. The molecule has 1 heterocycles. The Labute approximate surface area is 153 Å². The third kappa shape index (κ3) is 3.89. The lowest BCUT2D eigenvalue weighted by Crippen LogP contribution is -2.29. The summed E-state index contributed by atoms with van der Waals surface area (Å²) in [6, 6.07) is 11.6. The van der Waals surface area contributed by atoms with Gasteiger partial charge in [0.25, 0.3) is 0 Å². The predicted octanol–water partition coefficient (Wildman–Crippen LogP) is 3.71. The van der Waals surface area contributed by atoms with Crippen LogP contribution in [-0.2, 0) is 15.8 Å². The smallest absolute Gasteiger partial charge is 0.418 e. The van der Waals surface area contributed by atoms with Gasteiger partial charge in [-0.05, 0) is 24.3 Å². The van der Waals surface area contributed by atoms with Crippen LogP contribution in [0.15, 0.2) is 48.5 Å². The van der Waals surface area contributed by atoms with E-state index in [0.29, 0.717) is 11.4 Å². The third-order valence-corrected chi connectivity index (χ3v) is 4.36. The first-order valence-corrected chi connectivity index (χ1v) is 8.21. The molecule has 0 unspecified atom stereocenters. The number of methoxy groups -OCH3 is 1. The molecule has 142 valence electrons. The number of halogens is 3. The largest absolute Gasteiger partial charge is 0.495 e. The number of benzene rings is 2. The lowest BCUT2D eigenvalue weighted by Gasteiger charge is -2.19. The molecule has 1 atom stereocenters. The summed E-state index contributed by atoms with van der Waals surface area (Å²) < 4.78 is 44.5. The van der Waals surface area contributed by atoms with Crippen molar-refractivity contribution in [3.8, 4) is 5.75 Å². The number of rotatable bonds is 4. The Morgan fingerprint density at radius 3 is 2.52 bits per heavy atom. The van der Waals surface area contributed by atoms with E-state index in [1.807, 2.05) is 0 Å². The summed E-state index contributed by atoms with van der Waals surface area (Å²) in [5.41, 5.74) is -0.724. The summed E-state index contributed by atoms with van der Waals surface area (Å²) in [7, 11) is 1.47. The van der Waals surface area contributed by atoms with Crippen molar-refractivity contribution in [1.29, 1.82) is 0 Å². The number of carbonyl (C=O) groups is 2. The molecule has 2 aromatic carbocycles. The number of nitrogens with one attached hydrogen (secondary N) is 1. The summed E-state index contributed by atoms with van der Waals surface area (Å²) in [4.78, 5) is 26.2. The normalized spacial score (nSPS) is 17.1. The maximum absolute atomic E-state index is 13.1. The average Bonchev–Trinajstić information content (AvgIpc) is 3.03. The maximum atomic E-state index is 13.1. The molecular weight excluding hydrogens is 361 g/mol. The number of para-hydroxylation sites is 3. The number of nitrogens with zero attached hydrogens (tertiary/aromatic N) is 1. The Hall–Kier alpha value is -3.03. The van der Waals surface area contributed by atoms with Gasteiger partial charge >= 0.3 is 6.18 Å². The van der Waals surface area contributed by atoms with Crippen LogP contribution in [0.4, 0.5) is 24.5 Å². The van der Waals surface area contributed by atoms with Crippen LogP contribution in [0.25, 0.3) is 0 Å². The second-order valence-electron chi connectivity index (χ2n) is 6.11. The van der Waals surface area contributed by atoms with Gasteiger partial charge in [-0.15, -0.1) is 0 Å². The Bertz CT molecular complexity index is 867. The van der Waals surface area contributed by atoms with Crippen LogP contribution in [0.3, 0.4) is 0 Å². The van der Waals surface area contributed by atoms with Gasteiger partial charge in [0.1, 0.15) is 5.75 Å². The first-order chi connectivity index (χ1) is 12.8. The zero-order valence-corrected chi connectivity index (χ0v) is 14.4. The van der Waals surface area contributed by atoms with E-state index in [1.165, 1.54) is 30.2 Å². The van der Waals surface area contributed by atoms with Gasteiger partial charge < -0.3 is 15.0 Å². The van der Waals surface area contributed by atoms with E-state index >= 15 is 0 Å². The molecule has 27 heavy (non-hydrogen) atoms. The summed E-state index contributed by atoms with van der Waals surface area (Å²) in [5, 5.41) is 2.31. The topological polar surface area (TPSA) is 58.6 Å². The van der Waals surface area contributed by atoms with Gasteiger partial charge in [-0.1, -0.05) is 24.3 Å². The lowest BCUT2D eigenvalue weighted by molar-refractivity contribution is -0.137. The van der Waals surface area contributed by atoms with E-state index < -0.39 is 23.6 Å². The van der Waals surface area contributed by atoms with Gasteiger partial charge in [0.2, 0.25) is 11.8 Å². The van der Waals surface area contributed by atoms with Crippen LogP contribution in [0.1, 0.15) is 12.0 Å². The molecule has 0 saturated carbocycles. The fourth-order valence-corrected chi connectivity index (χ4v) is 3.04. The van der Waals surface area contributed by atoms with Crippen LogP contribution in [-0.4, -0.2) is 25.5 Å². The predicted molar refractivity (Wildman–Crippen MR) is 93.5 cm³/mol. The molecular formula is C19H17F3N2O3. The average molecular weight is 378 g/mol. The Kier molecular flexibility index (Phi) is 5.07. The molecule has 1 N–H and O–H groups in total. The number of hydrogen-bond donors (Lipinski definition) is 1. The fraction of sp³-hybridized carbons (Fsp3) is 0.263. The van der Waals surface area contributed by atoms with E-state index in [4.69, 9.17) is 4.74 Å². The highest BCUT2D eigenvalue weighted by Gasteiger charge is 2.38. The van der Waals surface area contributed by atoms with Gasteiger partial charge in [0.05, 0.1) is 30.0 Å². The van der Waals surface area contributed by atoms with Crippen LogP contribution in [0, 0.1) is 5.92 Å². The monoisotopic (exact) mass is 378 g/mol. The van der Waals surface area contributed by atoms with Crippen molar-refractivity contribution >= 4 is 23.2 Å². The van der Waals surface area contributed by atoms with Gasteiger partial charge in [-0.25, -0.2) is 0 Å². The van der Waals surface area contributed by atoms with Crippen molar-refractivity contribution in [3.63, 3.8) is 0 Å². The van der Waals surface area contributed by atoms with Gasteiger partial charge in [0.15, 0.2) is 0 Å². The molecule has 1 aliphatic rings. The standard InChI is InChI=1S/C19H17F3N2O3/c1-27-16-9-5-4-8-15(16)24-11-12(10-17(24)25)18(26)23-14-7-3-2-6-13(14)19(20,21)22/h2-9,12H,10-11H2,1H3,(H,23,26)/t12-/m0/s1. The molecule has 2 amide bonds. The van der Waals surface area contributed by atoms with Gasteiger partial charge in [0, 0.05) is 13.0 Å². The Morgan fingerprint density at radius 2 is 1.81 bits per heavy atom. The Morgan fingerprint density at radius 1 is 1.15 bits per heavy atom. The molecule has 0 aromatic heterocycles. The van der Waals surface area contributed by atoms with E-state index in [-0.39, 0.29) is 24.6 Å². The zero-order valence-electron chi connectivity index (χ0n) is 14.4. The first-order valence-electron chi connectivity index (χ1n) is 8.21. The number of carbonyl (C=O) groups excluding carboxylic acids is 2. The minimum absolute atomic E-state index is 0.0687. The molecule has 0 aliphatic carbocycles. The minimum Gasteiger partial charge on any atom is -0.495 e. The third-order valence-electron chi connectivity index (χ3n) is 4.36. The van der Waals surface area contributed by atoms with E-state index in [9.17, 15) is 22.8 Å². The number of alkyl halides is 3. The summed E-state index contributed by atoms with van der Waals surface area (Å²) >= 11 is 0. The summed E-state index contributed by atoms with van der Waals surface area (Å²) in [5.74, 6) is -1.20. The SMILES string of the molecule is COc1ccccc1N1C[C@@H](C(=O)Nc2ccccc2C(F)(F)F)CC1=O. The van der Waals surface area contributed by atoms with Crippen molar-refractivity contribution in [2.75, 3.05) is 23.9 Å². The molecule has 2 aromatic rings. The highest BCUT2D eigenvalue weighted by Crippen LogP contribution is 2.36. The van der Waals surface area contributed by atoms with E-state index in [1.54, 1.807) is 24.3 Å². The van der Waals surface area contributed by atoms with Crippen molar-refractivity contribution in [2.45, 2.75) is 12.6 Å². The molecule has 0 bridgehead atoms. The molecule has 1 fully saturated rings. The van der Waals surface area contributed by atoms with Gasteiger partial charge in [-0.3, -0.25) is 9.59 Å². The quantitative estimate of drug-likeness (QED) is 0.883. The summed E-state index contributed by atoms with van der Waals surface area (Å²) in [6.45, 7) is 0.0687. The lowest BCUT2D eigenvalue weighted by atomic mass is 10.1. The first kappa shape index (κ1) is 18.8. The molecule has 0 spiro atoms. The van der Waals surface area contributed by atoms with Gasteiger partial charge in [-0.2, -0.15) is 13.2 Å². The van der Waals surface area contributed by atoms with Crippen LogP contribution >= 0.6 is 0 Å². The highest BCUT2D eigenvalue weighted by molar-refractivity contribution is 6.04. The van der Waals surface area contributed by atoms with Crippen LogP contribution < -0.4 is 15.0 Å². The molecule has 1 aliphatic heterocycles. The highest BCUT2D eigenvalue weighted by atomic mass is 19.4. The number of ether oxygens (including phenoxy) is 1. The minimum atomic E-state index is -4.58. The fourth-order valence-electron chi connectivity index (χ4n) is 3.04. The molecule has 5 nitrogen and oxygen atoms in total. The second-order valence-corrected chi connectivity index (χ2v) is 6.11. The van der Waals surface area contributed by atoms with Crippen LogP contribution in [0.5, 0.6) is 5.75 Å². The van der Waals surface area contributed by atoms with E-state index in [2.05, 4.69) is 5.32 Å². The summed E-state index contributed by atoms with van der Waals surface area (Å²) in [6.07, 6.45) is -4.67. The van der Waals surface area contributed by atoms with Crippen LogP contribution in [0.2, 0.25) is 0 Å². The number of anilines is 2. The van der Waals surface area contributed by atoms with Crippen molar-refractivity contribution in [1.82, 2.24) is 0 Å². The van der Waals surface area contributed by atoms with Crippen molar-refractivity contribution in [2.24, 2.45) is 5.92 Å². The number of amides is 2. The second kappa shape index (κ2) is 7.30.